The van der Waals surface area contributed by atoms with E-state index in [4.69, 9.17) is 5.11 Å². The van der Waals surface area contributed by atoms with Crippen molar-refractivity contribution in [3.63, 3.8) is 0 Å². The van der Waals surface area contributed by atoms with Crippen molar-refractivity contribution in [1.29, 1.82) is 0 Å². The summed E-state index contributed by atoms with van der Waals surface area (Å²) in [5.41, 5.74) is 2.75. The van der Waals surface area contributed by atoms with Gasteiger partial charge in [0.15, 0.2) is 0 Å². The fraction of sp³-hybridized carbons (Fsp3) is 0.438. The molecule has 106 valence electrons. The molecule has 2 rings (SSSR count). The van der Waals surface area contributed by atoms with Gasteiger partial charge in [0.25, 0.3) is 0 Å². The molecule has 1 aliphatic heterocycles. The fourth-order valence-electron chi connectivity index (χ4n) is 2.22. The summed E-state index contributed by atoms with van der Waals surface area (Å²) in [5, 5.41) is 11.6. The molecular weight excluding hydrogens is 252 g/mol. The summed E-state index contributed by atoms with van der Waals surface area (Å²) in [6, 6.07) is 5.67. The summed E-state index contributed by atoms with van der Waals surface area (Å²) in [5.74, 6) is 5.92. The highest BCUT2D eigenvalue weighted by atomic mass is 16.2. The first-order valence-corrected chi connectivity index (χ1v) is 6.97. The third-order valence-corrected chi connectivity index (χ3v) is 3.33. The molecule has 0 aliphatic carbocycles. The van der Waals surface area contributed by atoms with Crippen LogP contribution < -0.4 is 5.32 Å². The van der Waals surface area contributed by atoms with Crippen LogP contribution in [-0.2, 0) is 0 Å². The number of hydrogen-bond donors (Lipinski definition) is 2. The van der Waals surface area contributed by atoms with Crippen molar-refractivity contribution in [3.05, 3.63) is 29.3 Å². The smallest absolute Gasteiger partial charge is 0.321 e. The van der Waals surface area contributed by atoms with E-state index in [9.17, 15) is 4.79 Å². The maximum atomic E-state index is 12.0. The van der Waals surface area contributed by atoms with Gasteiger partial charge in [0, 0.05) is 30.8 Å². The van der Waals surface area contributed by atoms with Crippen LogP contribution in [0.4, 0.5) is 10.5 Å². The highest BCUT2D eigenvalue weighted by molar-refractivity contribution is 5.89. The van der Waals surface area contributed by atoms with Gasteiger partial charge in [-0.25, -0.2) is 4.79 Å². The first kappa shape index (κ1) is 14.4. The van der Waals surface area contributed by atoms with Crippen molar-refractivity contribution < 1.29 is 9.90 Å². The Morgan fingerprint density at radius 2 is 2.15 bits per heavy atom. The molecule has 0 radical (unpaired) electrons. The Balaban J connectivity index is 2.01. The molecule has 1 aromatic carbocycles. The summed E-state index contributed by atoms with van der Waals surface area (Å²) >= 11 is 0. The molecule has 2 amide bonds. The van der Waals surface area contributed by atoms with E-state index in [0.717, 1.165) is 42.7 Å². The number of urea groups is 1. The number of amides is 2. The van der Waals surface area contributed by atoms with E-state index in [0.29, 0.717) is 6.42 Å². The first-order valence-electron chi connectivity index (χ1n) is 6.97. The lowest BCUT2D eigenvalue weighted by molar-refractivity contribution is 0.222. The lowest BCUT2D eigenvalue weighted by atomic mass is 10.1. The number of aliphatic hydroxyl groups is 1. The number of carbonyl (C=O) groups is 1. The van der Waals surface area contributed by atoms with Gasteiger partial charge in [-0.05, 0) is 43.5 Å². The minimum absolute atomic E-state index is 0.0268. The van der Waals surface area contributed by atoms with Crippen LogP contribution in [0.2, 0.25) is 0 Å². The number of hydrogen-bond acceptors (Lipinski definition) is 2. The monoisotopic (exact) mass is 272 g/mol. The van der Waals surface area contributed by atoms with Crippen molar-refractivity contribution in [2.24, 2.45) is 0 Å². The Kier molecular flexibility index (Phi) is 5.03. The van der Waals surface area contributed by atoms with E-state index >= 15 is 0 Å². The average Bonchev–Trinajstić information content (AvgIpc) is 2.95. The SMILES string of the molecule is Cc1cc(NC(=O)N2CCCC2)ccc1C#CCCO. The van der Waals surface area contributed by atoms with E-state index in [-0.39, 0.29) is 12.6 Å². The Hall–Kier alpha value is -1.99. The second-order valence-corrected chi connectivity index (χ2v) is 4.93. The Morgan fingerprint density at radius 3 is 2.80 bits per heavy atom. The Labute approximate surface area is 119 Å². The van der Waals surface area contributed by atoms with E-state index in [1.54, 1.807) is 0 Å². The number of anilines is 1. The van der Waals surface area contributed by atoms with Crippen LogP contribution in [-0.4, -0.2) is 35.7 Å². The summed E-state index contributed by atoms with van der Waals surface area (Å²) in [6.45, 7) is 3.73. The molecule has 0 spiro atoms. The first-order chi connectivity index (χ1) is 9.70. The van der Waals surface area contributed by atoms with Crippen molar-refractivity contribution in [1.82, 2.24) is 4.90 Å². The zero-order chi connectivity index (χ0) is 14.4. The maximum Gasteiger partial charge on any atom is 0.321 e. The number of likely N-dealkylation sites (tertiary alicyclic amines) is 1. The van der Waals surface area contributed by atoms with Crippen molar-refractivity contribution >= 4 is 11.7 Å². The summed E-state index contributed by atoms with van der Waals surface area (Å²) in [7, 11) is 0. The van der Waals surface area contributed by atoms with Crippen LogP contribution in [0.15, 0.2) is 18.2 Å². The van der Waals surface area contributed by atoms with Gasteiger partial charge in [0.1, 0.15) is 0 Å². The molecule has 0 saturated carbocycles. The number of aliphatic hydroxyl groups excluding tert-OH is 1. The van der Waals surface area contributed by atoms with Crippen LogP contribution in [0.1, 0.15) is 30.4 Å². The predicted octanol–water partition coefficient (Wildman–Crippen LogP) is 2.36. The Bertz CT molecular complexity index is 537. The van der Waals surface area contributed by atoms with E-state index in [1.807, 2.05) is 30.0 Å². The lowest BCUT2D eigenvalue weighted by Crippen LogP contribution is -2.32. The van der Waals surface area contributed by atoms with Crippen LogP contribution in [0, 0.1) is 18.8 Å². The minimum atomic E-state index is -0.0268. The van der Waals surface area contributed by atoms with Crippen LogP contribution in [0.3, 0.4) is 0 Å². The number of carbonyl (C=O) groups excluding carboxylic acids is 1. The molecule has 1 saturated heterocycles. The van der Waals surface area contributed by atoms with Gasteiger partial charge in [0.2, 0.25) is 0 Å². The zero-order valence-electron chi connectivity index (χ0n) is 11.8. The molecule has 20 heavy (non-hydrogen) atoms. The third-order valence-electron chi connectivity index (χ3n) is 3.33. The molecular formula is C16H20N2O2. The van der Waals surface area contributed by atoms with Gasteiger partial charge in [-0.3, -0.25) is 0 Å². The van der Waals surface area contributed by atoms with Gasteiger partial charge in [0.05, 0.1) is 6.61 Å². The topological polar surface area (TPSA) is 52.6 Å². The number of rotatable bonds is 2. The van der Waals surface area contributed by atoms with Crippen LogP contribution in [0.25, 0.3) is 0 Å². The molecule has 0 aromatic heterocycles. The normalized spacial score (nSPS) is 13.8. The van der Waals surface area contributed by atoms with Crippen molar-refractivity contribution in [3.8, 4) is 11.8 Å². The number of nitrogens with one attached hydrogen (secondary N) is 1. The molecule has 0 atom stereocenters. The number of benzene rings is 1. The van der Waals surface area contributed by atoms with Crippen LogP contribution >= 0.6 is 0 Å². The molecule has 0 unspecified atom stereocenters. The molecule has 1 aromatic rings. The molecule has 1 heterocycles. The second-order valence-electron chi connectivity index (χ2n) is 4.93. The molecule has 0 bridgehead atoms. The minimum Gasteiger partial charge on any atom is -0.395 e. The molecule has 4 heteroatoms. The maximum absolute atomic E-state index is 12.0. The summed E-state index contributed by atoms with van der Waals surface area (Å²) in [6.07, 6.45) is 2.66. The van der Waals surface area contributed by atoms with Gasteiger partial charge in [-0.1, -0.05) is 11.8 Å². The van der Waals surface area contributed by atoms with Crippen LogP contribution in [0.5, 0.6) is 0 Å². The summed E-state index contributed by atoms with van der Waals surface area (Å²) in [4.78, 5) is 13.8. The van der Waals surface area contributed by atoms with Gasteiger partial charge in [-0.15, -0.1) is 0 Å². The van der Waals surface area contributed by atoms with Crippen molar-refractivity contribution in [2.45, 2.75) is 26.2 Å². The highest BCUT2D eigenvalue weighted by Gasteiger charge is 2.17. The second kappa shape index (κ2) is 6.97. The molecule has 1 aliphatic rings. The van der Waals surface area contributed by atoms with Gasteiger partial charge in [-0.2, -0.15) is 0 Å². The van der Waals surface area contributed by atoms with E-state index in [1.165, 1.54) is 0 Å². The zero-order valence-corrected chi connectivity index (χ0v) is 11.8. The summed E-state index contributed by atoms with van der Waals surface area (Å²) < 4.78 is 0. The highest BCUT2D eigenvalue weighted by Crippen LogP contribution is 2.16. The molecule has 4 nitrogen and oxygen atoms in total. The van der Waals surface area contributed by atoms with E-state index in [2.05, 4.69) is 17.2 Å². The quantitative estimate of drug-likeness (QED) is 0.812. The molecule has 2 N–H and O–H groups in total. The van der Waals surface area contributed by atoms with Gasteiger partial charge >= 0.3 is 6.03 Å². The fourth-order valence-corrected chi connectivity index (χ4v) is 2.22. The number of aryl methyl sites for hydroxylation is 1. The standard InChI is InChI=1S/C16H20N2O2/c1-13-12-15(8-7-14(13)6-2-5-11-19)17-16(20)18-9-3-4-10-18/h7-8,12,19H,3-5,9-11H2,1H3,(H,17,20). The number of nitrogens with zero attached hydrogens (tertiary/aromatic N) is 1. The lowest BCUT2D eigenvalue weighted by Gasteiger charge is -2.16. The third kappa shape index (κ3) is 3.75. The van der Waals surface area contributed by atoms with Gasteiger partial charge < -0.3 is 15.3 Å². The average molecular weight is 272 g/mol. The molecule has 1 fully saturated rings. The Morgan fingerprint density at radius 1 is 1.40 bits per heavy atom. The predicted molar refractivity (Wildman–Crippen MR) is 79.6 cm³/mol. The van der Waals surface area contributed by atoms with E-state index < -0.39 is 0 Å². The van der Waals surface area contributed by atoms with Crippen molar-refractivity contribution in [2.75, 3.05) is 25.0 Å². The largest absolute Gasteiger partial charge is 0.395 e.